The van der Waals surface area contributed by atoms with Gasteiger partial charge in [0.25, 0.3) is 0 Å². The highest BCUT2D eigenvalue weighted by molar-refractivity contribution is 6.15. The van der Waals surface area contributed by atoms with Gasteiger partial charge in [-0.1, -0.05) is 123 Å². The van der Waals surface area contributed by atoms with E-state index in [2.05, 4.69) is 169 Å². The third kappa shape index (κ3) is 3.29. The second-order valence-corrected chi connectivity index (χ2v) is 12.2. The minimum Gasteiger partial charge on any atom is -0.309 e. The van der Waals surface area contributed by atoms with Gasteiger partial charge in [-0.05, 0) is 58.3 Å². The molecule has 0 fully saturated rings. The van der Waals surface area contributed by atoms with Gasteiger partial charge in [-0.3, -0.25) is 0 Å². The molecule has 2 nitrogen and oxygen atoms in total. The molecule has 0 N–H and O–H groups in total. The summed E-state index contributed by atoms with van der Waals surface area (Å²) >= 11 is 0. The third-order valence-electron chi connectivity index (χ3n) is 9.52. The maximum atomic E-state index is 2.50. The summed E-state index contributed by atoms with van der Waals surface area (Å²) in [4.78, 5) is 2.50. The highest BCUT2D eigenvalue weighted by Crippen LogP contribution is 2.56. The normalized spacial score (nSPS) is 14.0. The zero-order chi connectivity index (χ0) is 28.7. The number of fused-ring (bicyclic) bond motifs is 8. The smallest absolute Gasteiger partial charge is 0.0545 e. The highest BCUT2D eigenvalue weighted by Gasteiger charge is 2.39. The van der Waals surface area contributed by atoms with Crippen LogP contribution in [-0.2, 0) is 5.41 Å². The van der Waals surface area contributed by atoms with Gasteiger partial charge in [0.05, 0.1) is 33.8 Å². The fraction of sp³-hybridized carbons (Fsp3) is 0.0732. The van der Waals surface area contributed by atoms with Crippen molar-refractivity contribution in [2.45, 2.75) is 19.3 Å². The molecule has 43 heavy (non-hydrogen) atoms. The van der Waals surface area contributed by atoms with E-state index in [0.717, 1.165) is 0 Å². The van der Waals surface area contributed by atoms with E-state index in [1.54, 1.807) is 0 Å². The van der Waals surface area contributed by atoms with Crippen LogP contribution in [0.4, 0.5) is 17.1 Å². The number of aromatic nitrogens is 1. The largest absolute Gasteiger partial charge is 0.309 e. The lowest BCUT2D eigenvalue weighted by Crippen LogP contribution is -2.31. The van der Waals surface area contributed by atoms with Crippen LogP contribution in [-0.4, -0.2) is 4.57 Å². The van der Waals surface area contributed by atoms with E-state index in [0.29, 0.717) is 0 Å². The number of benzene rings is 7. The van der Waals surface area contributed by atoms with E-state index in [-0.39, 0.29) is 5.41 Å². The molecular weight excluding hydrogens is 520 g/mol. The Morgan fingerprint density at radius 2 is 0.977 bits per heavy atom. The van der Waals surface area contributed by atoms with Crippen molar-refractivity contribution in [3.63, 3.8) is 0 Å². The van der Waals surface area contributed by atoms with E-state index >= 15 is 0 Å². The number of hydrogen-bond donors (Lipinski definition) is 0. The van der Waals surface area contributed by atoms with E-state index in [1.165, 1.54) is 77.2 Å². The minimum absolute atomic E-state index is 0.222. The summed E-state index contributed by atoms with van der Waals surface area (Å²) < 4.78 is 2.48. The summed E-state index contributed by atoms with van der Waals surface area (Å²) in [7, 11) is 0. The molecule has 7 aromatic carbocycles. The summed E-state index contributed by atoms with van der Waals surface area (Å²) in [5.74, 6) is 0. The number of nitrogens with zero attached hydrogens (tertiary/aromatic N) is 2. The molecular formula is C41H30N2. The first-order valence-corrected chi connectivity index (χ1v) is 15.0. The molecule has 0 atom stereocenters. The zero-order valence-corrected chi connectivity index (χ0v) is 24.3. The quantitative estimate of drug-likeness (QED) is 0.208. The van der Waals surface area contributed by atoms with Crippen LogP contribution in [0.15, 0.2) is 146 Å². The van der Waals surface area contributed by atoms with Crippen molar-refractivity contribution >= 4 is 60.4 Å². The molecule has 0 spiro atoms. The average molecular weight is 551 g/mol. The van der Waals surface area contributed by atoms with Gasteiger partial charge in [-0.2, -0.15) is 0 Å². The van der Waals surface area contributed by atoms with Gasteiger partial charge in [0, 0.05) is 27.0 Å². The fourth-order valence-electron chi connectivity index (χ4n) is 7.66. The number of para-hydroxylation sites is 2. The number of hydrogen-bond acceptors (Lipinski definition) is 1. The Kier molecular flexibility index (Phi) is 4.99. The van der Waals surface area contributed by atoms with Crippen molar-refractivity contribution in [2.24, 2.45) is 0 Å². The SMILES string of the molecule is CC1(C)c2ccccc2N(c2cccc3ccccc23)c2ccc3c(c21)c1ccccc1n3-c1cccc2ccccc12. The summed E-state index contributed by atoms with van der Waals surface area (Å²) in [6, 6.07) is 53.3. The van der Waals surface area contributed by atoms with Gasteiger partial charge in [-0.25, -0.2) is 0 Å². The Bertz CT molecular complexity index is 2380. The lowest BCUT2D eigenvalue weighted by Gasteiger charge is -2.42. The molecule has 0 saturated heterocycles. The van der Waals surface area contributed by atoms with Crippen molar-refractivity contribution in [1.82, 2.24) is 4.57 Å². The van der Waals surface area contributed by atoms with Crippen LogP contribution in [0.5, 0.6) is 0 Å². The Balaban J connectivity index is 1.45. The average Bonchev–Trinajstić information content (AvgIpc) is 3.38. The summed E-state index contributed by atoms with van der Waals surface area (Å²) in [5.41, 5.74) is 9.86. The van der Waals surface area contributed by atoms with Gasteiger partial charge in [0.2, 0.25) is 0 Å². The predicted octanol–water partition coefficient (Wildman–Crippen LogP) is 11.2. The fourth-order valence-corrected chi connectivity index (χ4v) is 7.66. The first-order chi connectivity index (χ1) is 21.1. The Morgan fingerprint density at radius 3 is 1.74 bits per heavy atom. The van der Waals surface area contributed by atoms with Crippen LogP contribution in [0.3, 0.4) is 0 Å². The van der Waals surface area contributed by atoms with E-state index in [4.69, 9.17) is 0 Å². The molecule has 0 amide bonds. The molecule has 204 valence electrons. The first-order valence-electron chi connectivity index (χ1n) is 15.0. The summed E-state index contributed by atoms with van der Waals surface area (Å²) in [5, 5.41) is 7.62. The summed E-state index contributed by atoms with van der Waals surface area (Å²) in [6.07, 6.45) is 0. The van der Waals surface area contributed by atoms with Gasteiger partial charge < -0.3 is 9.47 Å². The van der Waals surface area contributed by atoms with E-state index < -0.39 is 0 Å². The Hall–Kier alpha value is -5.34. The standard InChI is InChI=1S/C41H30N2/c1-41(2)32-20-8-10-22-36(32)43(34-24-12-16-28-14-4-6-18-30(28)34)38-26-25-37-39(40(38)41)31-19-7-9-21-35(31)42(37)33-23-11-15-27-13-3-5-17-29(27)33/h3-26H,1-2H3. The van der Waals surface area contributed by atoms with Crippen LogP contribution in [0.25, 0.3) is 49.0 Å². The molecule has 1 aliphatic rings. The van der Waals surface area contributed by atoms with Crippen molar-refractivity contribution in [3.05, 3.63) is 157 Å². The molecule has 1 aromatic heterocycles. The second-order valence-electron chi connectivity index (χ2n) is 12.2. The van der Waals surface area contributed by atoms with Gasteiger partial charge >= 0.3 is 0 Å². The van der Waals surface area contributed by atoms with Gasteiger partial charge in [0.1, 0.15) is 0 Å². The number of rotatable bonds is 2. The van der Waals surface area contributed by atoms with E-state index in [9.17, 15) is 0 Å². The predicted molar refractivity (Wildman–Crippen MR) is 183 cm³/mol. The maximum absolute atomic E-state index is 2.50. The Morgan fingerprint density at radius 1 is 0.419 bits per heavy atom. The molecule has 0 radical (unpaired) electrons. The van der Waals surface area contributed by atoms with Crippen LogP contribution in [0.1, 0.15) is 25.0 Å². The van der Waals surface area contributed by atoms with Crippen LogP contribution >= 0.6 is 0 Å². The molecule has 0 saturated carbocycles. The number of anilines is 3. The molecule has 0 unspecified atom stereocenters. The molecule has 8 aromatic rings. The molecule has 0 aliphatic carbocycles. The Labute approximate surface area is 251 Å². The van der Waals surface area contributed by atoms with Crippen molar-refractivity contribution in [2.75, 3.05) is 4.90 Å². The minimum atomic E-state index is -0.222. The van der Waals surface area contributed by atoms with Crippen molar-refractivity contribution < 1.29 is 0 Å². The van der Waals surface area contributed by atoms with E-state index in [1.807, 2.05) is 0 Å². The van der Waals surface area contributed by atoms with Crippen LogP contribution < -0.4 is 4.90 Å². The first kappa shape index (κ1) is 24.3. The maximum Gasteiger partial charge on any atom is 0.0545 e. The van der Waals surface area contributed by atoms with Crippen molar-refractivity contribution in [3.8, 4) is 5.69 Å². The molecule has 2 heteroatoms. The topological polar surface area (TPSA) is 8.17 Å². The molecule has 2 heterocycles. The van der Waals surface area contributed by atoms with Gasteiger partial charge in [0.15, 0.2) is 0 Å². The summed E-state index contributed by atoms with van der Waals surface area (Å²) in [6.45, 7) is 4.79. The molecule has 0 bridgehead atoms. The van der Waals surface area contributed by atoms with Gasteiger partial charge in [-0.15, -0.1) is 0 Å². The highest BCUT2D eigenvalue weighted by atomic mass is 15.2. The third-order valence-corrected chi connectivity index (χ3v) is 9.52. The molecule has 9 rings (SSSR count). The second kappa shape index (κ2) is 8.83. The molecule has 1 aliphatic heterocycles. The monoisotopic (exact) mass is 550 g/mol. The van der Waals surface area contributed by atoms with Crippen molar-refractivity contribution in [1.29, 1.82) is 0 Å². The zero-order valence-electron chi connectivity index (χ0n) is 24.3. The van der Waals surface area contributed by atoms with Crippen LogP contribution in [0.2, 0.25) is 0 Å². The van der Waals surface area contributed by atoms with Crippen LogP contribution in [0, 0.1) is 0 Å². The lowest BCUT2D eigenvalue weighted by atomic mass is 9.72. The lowest BCUT2D eigenvalue weighted by molar-refractivity contribution is 0.638.